The molecule has 1 aliphatic rings. The number of nitrogen functional groups attached to an aromatic ring is 1. The highest BCUT2D eigenvalue weighted by Crippen LogP contribution is 2.19. The van der Waals surface area contributed by atoms with Gasteiger partial charge in [-0.1, -0.05) is 12.1 Å². The largest absolute Gasteiger partial charge is 0.384 e. The minimum Gasteiger partial charge on any atom is -0.384 e. The van der Waals surface area contributed by atoms with Gasteiger partial charge in [-0.15, -0.1) is 0 Å². The van der Waals surface area contributed by atoms with E-state index < -0.39 is 0 Å². The van der Waals surface area contributed by atoms with E-state index in [9.17, 15) is 4.79 Å². The Morgan fingerprint density at radius 1 is 1.23 bits per heavy atom. The fourth-order valence-corrected chi connectivity index (χ4v) is 2.94. The van der Waals surface area contributed by atoms with Crippen molar-refractivity contribution in [1.29, 1.82) is 5.41 Å². The average Bonchev–Trinajstić information content (AvgIpc) is 2.92. The molecule has 1 heterocycles. The van der Waals surface area contributed by atoms with Crippen molar-refractivity contribution in [3.05, 3.63) is 35.5 Å². The minimum absolute atomic E-state index is 0.0149. The lowest BCUT2D eigenvalue weighted by molar-refractivity contribution is 0.0921. The van der Waals surface area contributed by atoms with Crippen molar-refractivity contribution in [3.8, 4) is 0 Å². The van der Waals surface area contributed by atoms with E-state index in [0.717, 1.165) is 36.6 Å². The van der Waals surface area contributed by atoms with Crippen molar-refractivity contribution < 1.29 is 4.79 Å². The fraction of sp³-hybridized carbons (Fsp3) is 0.375. The molecule has 0 aliphatic heterocycles. The molecule has 0 radical (unpaired) electrons. The van der Waals surface area contributed by atoms with Crippen LogP contribution in [0.15, 0.2) is 24.3 Å². The summed E-state index contributed by atoms with van der Waals surface area (Å²) in [6, 6.07) is 7.72. The first-order chi connectivity index (χ1) is 10.5. The third kappa shape index (κ3) is 2.96. The fourth-order valence-electron chi connectivity index (χ4n) is 2.94. The van der Waals surface area contributed by atoms with Crippen LogP contribution < -0.4 is 16.8 Å². The Hall–Kier alpha value is -2.34. The monoisotopic (exact) mass is 299 g/mol. The van der Waals surface area contributed by atoms with E-state index in [1.54, 1.807) is 12.1 Å². The van der Waals surface area contributed by atoms with Gasteiger partial charge < -0.3 is 21.8 Å². The normalized spacial score (nSPS) is 21.7. The average molecular weight is 299 g/mol. The van der Waals surface area contributed by atoms with Gasteiger partial charge in [0.25, 0.3) is 5.91 Å². The van der Waals surface area contributed by atoms with Gasteiger partial charge in [0.15, 0.2) is 0 Å². The Kier molecular flexibility index (Phi) is 3.85. The van der Waals surface area contributed by atoms with E-state index in [1.807, 2.05) is 12.1 Å². The van der Waals surface area contributed by atoms with Crippen molar-refractivity contribution in [2.45, 2.75) is 37.8 Å². The lowest BCUT2D eigenvalue weighted by atomic mass is 9.92. The van der Waals surface area contributed by atoms with Crippen LogP contribution >= 0.6 is 0 Å². The van der Waals surface area contributed by atoms with Crippen LogP contribution in [0, 0.1) is 5.41 Å². The van der Waals surface area contributed by atoms with E-state index in [0.29, 0.717) is 11.3 Å². The SMILES string of the molecule is N=C(N)c1ccc2cc(C(=O)NC3CCC(N)CC3)[nH]c2c1. The molecule has 6 heteroatoms. The molecule has 116 valence electrons. The molecule has 0 unspecified atom stereocenters. The molecule has 1 aromatic heterocycles. The highest BCUT2D eigenvalue weighted by molar-refractivity contribution is 6.01. The Balaban J connectivity index is 1.75. The van der Waals surface area contributed by atoms with Gasteiger partial charge in [0.2, 0.25) is 0 Å². The van der Waals surface area contributed by atoms with Gasteiger partial charge in [-0.3, -0.25) is 10.2 Å². The van der Waals surface area contributed by atoms with Crippen LogP contribution in [0.25, 0.3) is 10.9 Å². The molecule has 22 heavy (non-hydrogen) atoms. The first-order valence-corrected chi connectivity index (χ1v) is 7.56. The molecular formula is C16H21N5O. The zero-order chi connectivity index (χ0) is 15.7. The Morgan fingerprint density at radius 3 is 2.64 bits per heavy atom. The number of aromatic amines is 1. The summed E-state index contributed by atoms with van der Waals surface area (Å²) in [4.78, 5) is 15.4. The van der Waals surface area contributed by atoms with Crippen LogP contribution in [0.1, 0.15) is 41.7 Å². The van der Waals surface area contributed by atoms with Crippen LogP contribution in [0.2, 0.25) is 0 Å². The molecule has 6 nitrogen and oxygen atoms in total. The van der Waals surface area contributed by atoms with Crippen LogP contribution in [0.3, 0.4) is 0 Å². The third-order valence-electron chi connectivity index (χ3n) is 4.29. The number of H-pyrrole nitrogens is 1. The van der Waals surface area contributed by atoms with Crippen LogP contribution in [-0.4, -0.2) is 28.8 Å². The molecule has 1 saturated carbocycles. The maximum absolute atomic E-state index is 12.3. The maximum atomic E-state index is 12.3. The number of rotatable bonds is 3. The highest BCUT2D eigenvalue weighted by atomic mass is 16.1. The van der Waals surface area contributed by atoms with Gasteiger partial charge in [-0.25, -0.2) is 0 Å². The summed E-state index contributed by atoms with van der Waals surface area (Å²) in [7, 11) is 0. The molecule has 0 atom stereocenters. The van der Waals surface area contributed by atoms with Crippen LogP contribution in [0.5, 0.6) is 0 Å². The molecular weight excluding hydrogens is 278 g/mol. The van der Waals surface area contributed by atoms with Crippen molar-refractivity contribution in [2.24, 2.45) is 11.5 Å². The van der Waals surface area contributed by atoms with Crippen LogP contribution in [-0.2, 0) is 0 Å². The third-order valence-corrected chi connectivity index (χ3v) is 4.29. The zero-order valence-corrected chi connectivity index (χ0v) is 12.4. The quantitative estimate of drug-likeness (QED) is 0.435. The van der Waals surface area contributed by atoms with Gasteiger partial charge in [0.05, 0.1) is 0 Å². The lowest BCUT2D eigenvalue weighted by Gasteiger charge is -2.26. The second kappa shape index (κ2) is 5.81. The first kappa shape index (κ1) is 14.6. The number of amides is 1. The van der Waals surface area contributed by atoms with Gasteiger partial charge in [0, 0.05) is 28.6 Å². The number of amidine groups is 1. The molecule has 0 bridgehead atoms. The number of hydrogen-bond donors (Lipinski definition) is 5. The van der Waals surface area contributed by atoms with Gasteiger partial charge >= 0.3 is 0 Å². The van der Waals surface area contributed by atoms with E-state index in [2.05, 4.69) is 10.3 Å². The van der Waals surface area contributed by atoms with Crippen molar-refractivity contribution >= 4 is 22.6 Å². The summed E-state index contributed by atoms with van der Waals surface area (Å²) in [6.45, 7) is 0. The van der Waals surface area contributed by atoms with E-state index >= 15 is 0 Å². The lowest BCUT2D eigenvalue weighted by Crippen LogP contribution is -2.40. The van der Waals surface area contributed by atoms with Gasteiger partial charge in [-0.2, -0.15) is 0 Å². The summed E-state index contributed by atoms with van der Waals surface area (Å²) in [5.74, 6) is -0.0814. The molecule has 1 amide bonds. The molecule has 3 rings (SSSR count). The number of carbonyl (C=O) groups is 1. The zero-order valence-electron chi connectivity index (χ0n) is 12.4. The number of fused-ring (bicyclic) bond motifs is 1. The van der Waals surface area contributed by atoms with E-state index in [-0.39, 0.29) is 23.8 Å². The van der Waals surface area contributed by atoms with Crippen molar-refractivity contribution in [2.75, 3.05) is 0 Å². The first-order valence-electron chi connectivity index (χ1n) is 7.56. The molecule has 7 N–H and O–H groups in total. The molecule has 2 aromatic rings. The summed E-state index contributed by atoms with van der Waals surface area (Å²) < 4.78 is 0. The summed E-state index contributed by atoms with van der Waals surface area (Å²) in [5, 5.41) is 11.5. The van der Waals surface area contributed by atoms with Crippen LogP contribution in [0.4, 0.5) is 0 Å². The number of carbonyl (C=O) groups excluding carboxylic acids is 1. The summed E-state index contributed by atoms with van der Waals surface area (Å²) in [5.41, 5.74) is 13.4. The highest BCUT2D eigenvalue weighted by Gasteiger charge is 2.21. The predicted octanol–water partition coefficient (Wildman–Crippen LogP) is 1.45. The van der Waals surface area contributed by atoms with E-state index in [4.69, 9.17) is 16.9 Å². The number of benzene rings is 1. The minimum atomic E-state index is -0.0963. The topological polar surface area (TPSA) is 121 Å². The Morgan fingerprint density at radius 2 is 1.95 bits per heavy atom. The standard InChI is InChI=1S/C16H21N5O/c17-11-3-5-12(6-4-11)20-16(22)14-7-9-1-2-10(15(18)19)8-13(9)21-14/h1-2,7-8,11-12,21H,3-6,17H2,(H3,18,19)(H,20,22). The molecule has 1 fully saturated rings. The molecule has 0 spiro atoms. The molecule has 0 saturated heterocycles. The summed E-state index contributed by atoms with van der Waals surface area (Å²) in [6.07, 6.45) is 3.78. The Labute approximate surface area is 128 Å². The van der Waals surface area contributed by atoms with E-state index in [1.165, 1.54) is 0 Å². The number of hydrogen-bond acceptors (Lipinski definition) is 3. The molecule has 1 aromatic carbocycles. The maximum Gasteiger partial charge on any atom is 0.267 e. The smallest absolute Gasteiger partial charge is 0.267 e. The van der Waals surface area contributed by atoms with Crippen molar-refractivity contribution in [1.82, 2.24) is 10.3 Å². The van der Waals surface area contributed by atoms with Gasteiger partial charge in [0.1, 0.15) is 11.5 Å². The molecule has 1 aliphatic carbocycles. The number of nitrogens with one attached hydrogen (secondary N) is 3. The van der Waals surface area contributed by atoms with Gasteiger partial charge in [-0.05, 0) is 37.8 Å². The second-order valence-corrected chi connectivity index (χ2v) is 5.98. The second-order valence-electron chi connectivity index (χ2n) is 5.98. The number of aromatic nitrogens is 1. The van der Waals surface area contributed by atoms with Crippen molar-refractivity contribution in [3.63, 3.8) is 0 Å². The predicted molar refractivity (Wildman–Crippen MR) is 87.0 cm³/mol. The summed E-state index contributed by atoms with van der Waals surface area (Å²) >= 11 is 0. The number of nitrogens with two attached hydrogens (primary N) is 2. The Bertz CT molecular complexity index is 712.